The van der Waals surface area contributed by atoms with Crippen molar-refractivity contribution in [2.75, 3.05) is 6.61 Å². The molecule has 0 amide bonds. The van der Waals surface area contributed by atoms with Crippen molar-refractivity contribution in [3.05, 3.63) is 23.5 Å². The predicted molar refractivity (Wildman–Crippen MR) is 55.7 cm³/mol. The summed E-state index contributed by atoms with van der Waals surface area (Å²) in [6.45, 7) is 2.88. The van der Waals surface area contributed by atoms with Gasteiger partial charge in [-0.3, -0.25) is 4.98 Å². The van der Waals surface area contributed by atoms with Gasteiger partial charge in [0.15, 0.2) is 0 Å². The minimum Gasteiger partial charge on any atom is -0.487 e. The first-order chi connectivity index (χ1) is 7.56. The highest BCUT2D eigenvalue weighted by atomic mass is 19.3. The predicted octanol–water partition coefficient (Wildman–Crippen LogP) is 2.34. The summed E-state index contributed by atoms with van der Waals surface area (Å²) in [7, 11) is 0. The molecule has 0 aliphatic carbocycles. The van der Waals surface area contributed by atoms with E-state index in [0.717, 1.165) is 5.56 Å². The van der Waals surface area contributed by atoms with Crippen LogP contribution in [0, 0.1) is 0 Å². The number of halogens is 2. The Balaban J connectivity index is 2.99. The number of hydrogen-bond acceptors (Lipinski definition) is 3. The molecule has 0 aliphatic heterocycles. The highest BCUT2D eigenvalue weighted by Crippen LogP contribution is 2.29. The average molecular weight is 231 g/mol. The van der Waals surface area contributed by atoms with Gasteiger partial charge in [0.2, 0.25) is 0 Å². The molecular formula is C11H15F2NO2. The second-order valence-electron chi connectivity index (χ2n) is 3.73. The Kier molecular flexibility index (Phi) is 4.61. The first-order valence-corrected chi connectivity index (χ1v) is 5.04. The highest BCUT2D eigenvalue weighted by Gasteiger charge is 2.14. The Bertz CT molecular complexity index is 343. The molecule has 1 rings (SSSR count). The Morgan fingerprint density at radius 1 is 1.38 bits per heavy atom. The number of nitrogens with zero attached hydrogens (tertiary/aromatic N) is 1. The van der Waals surface area contributed by atoms with Crippen LogP contribution < -0.4 is 4.74 Å². The maximum absolute atomic E-state index is 12.1. The first-order valence-electron chi connectivity index (χ1n) is 5.04. The van der Waals surface area contributed by atoms with Crippen LogP contribution >= 0.6 is 0 Å². The number of pyridine rings is 1. The average Bonchev–Trinajstić information content (AvgIpc) is 2.25. The first kappa shape index (κ1) is 12.8. The van der Waals surface area contributed by atoms with Crippen molar-refractivity contribution in [3.8, 4) is 5.75 Å². The Labute approximate surface area is 93.1 Å². The summed E-state index contributed by atoms with van der Waals surface area (Å²) in [5.41, 5.74) is 1.17. The molecule has 0 radical (unpaired) electrons. The van der Waals surface area contributed by atoms with Crippen LogP contribution in [0.4, 0.5) is 8.78 Å². The van der Waals surface area contributed by atoms with Crippen LogP contribution in [-0.4, -0.2) is 23.1 Å². The van der Waals surface area contributed by atoms with Gasteiger partial charge in [0.25, 0.3) is 6.43 Å². The fourth-order valence-electron chi connectivity index (χ4n) is 1.36. The minimum absolute atomic E-state index is 0.103. The standard InChI is InChI=1S/C11H15F2NO2/c1-7(2)9-4-14-3-8(5-15)11(9)16-6-10(12)13/h3-4,7,10,15H,5-6H2,1-2H3. The second kappa shape index (κ2) is 5.75. The van der Waals surface area contributed by atoms with Gasteiger partial charge >= 0.3 is 0 Å². The summed E-state index contributed by atoms with van der Waals surface area (Å²) in [5, 5.41) is 9.08. The van der Waals surface area contributed by atoms with Crippen LogP contribution in [0.1, 0.15) is 30.9 Å². The third kappa shape index (κ3) is 3.13. The van der Waals surface area contributed by atoms with Gasteiger partial charge < -0.3 is 9.84 Å². The monoisotopic (exact) mass is 231 g/mol. The lowest BCUT2D eigenvalue weighted by atomic mass is 10.0. The number of aliphatic hydroxyl groups excluding tert-OH is 1. The minimum atomic E-state index is -2.53. The summed E-state index contributed by atoms with van der Waals surface area (Å²) in [4.78, 5) is 3.94. The van der Waals surface area contributed by atoms with E-state index < -0.39 is 13.0 Å². The molecule has 0 atom stereocenters. The molecule has 0 aliphatic rings. The van der Waals surface area contributed by atoms with Gasteiger partial charge in [-0.25, -0.2) is 8.78 Å². The summed E-state index contributed by atoms with van der Waals surface area (Å²) < 4.78 is 29.2. The van der Waals surface area contributed by atoms with E-state index in [4.69, 9.17) is 9.84 Å². The lowest BCUT2D eigenvalue weighted by molar-refractivity contribution is 0.0799. The zero-order chi connectivity index (χ0) is 12.1. The number of aromatic nitrogens is 1. The molecule has 1 aromatic rings. The molecule has 0 fully saturated rings. The van der Waals surface area contributed by atoms with E-state index in [1.807, 2.05) is 13.8 Å². The quantitative estimate of drug-likeness (QED) is 0.845. The van der Waals surface area contributed by atoms with E-state index in [1.54, 1.807) is 6.20 Å². The molecule has 1 heterocycles. The van der Waals surface area contributed by atoms with Gasteiger partial charge in [-0.2, -0.15) is 0 Å². The third-order valence-corrected chi connectivity index (χ3v) is 2.14. The Morgan fingerprint density at radius 2 is 2.06 bits per heavy atom. The third-order valence-electron chi connectivity index (χ3n) is 2.14. The molecule has 3 nitrogen and oxygen atoms in total. The van der Waals surface area contributed by atoms with Crippen molar-refractivity contribution >= 4 is 0 Å². The normalized spacial score (nSPS) is 11.2. The molecule has 0 unspecified atom stereocenters. The van der Waals surface area contributed by atoms with E-state index in [0.29, 0.717) is 11.3 Å². The zero-order valence-corrected chi connectivity index (χ0v) is 9.28. The molecule has 5 heteroatoms. The highest BCUT2D eigenvalue weighted by molar-refractivity contribution is 5.40. The van der Waals surface area contributed by atoms with E-state index >= 15 is 0 Å². The Morgan fingerprint density at radius 3 is 2.56 bits per heavy atom. The van der Waals surface area contributed by atoms with Crippen molar-refractivity contribution in [2.24, 2.45) is 0 Å². The lowest BCUT2D eigenvalue weighted by Gasteiger charge is -2.16. The molecule has 1 aromatic heterocycles. The molecule has 0 spiro atoms. The van der Waals surface area contributed by atoms with Crippen LogP contribution in [0.2, 0.25) is 0 Å². The van der Waals surface area contributed by atoms with E-state index in [-0.39, 0.29) is 12.5 Å². The molecule has 16 heavy (non-hydrogen) atoms. The SMILES string of the molecule is CC(C)c1cncc(CO)c1OCC(F)F. The summed E-state index contributed by atoms with van der Waals surface area (Å²) in [6.07, 6.45) is 0.469. The molecule has 0 saturated heterocycles. The van der Waals surface area contributed by atoms with Gasteiger partial charge in [0.05, 0.1) is 6.61 Å². The molecule has 1 N–H and O–H groups in total. The van der Waals surface area contributed by atoms with Crippen LogP contribution in [0.25, 0.3) is 0 Å². The van der Waals surface area contributed by atoms with Crippen LogP contribution in [-0.2, 0) is 6.61 Å². The summed E-state index contributed by atoms with van der Waals surface area (Å²) >= 11 is 0. The fraction of sp³-hybridized carbons (Fsp3) is 0.545. The smallest absolute Gasteiger partial charge is 0.272 e. The number of aliphatic hydroxyl groups is 1. The number of rotatable bonds is 5. The molecule has 0 bridgehead atoms. The van der Waals surface area contributed by atoms with Crippen LogP contribution in [0.5, 0.6) is 5.75 Å². The van der Waals surface area contributed by atoms with Gasteiger partial charge in [-0.05, 0) is 5.92 Å². The van der Waals surface area contributed by atoms with Gasteiger partial charge in [0.1, 0.15) is 12.4 Å². The fourth-order valence-corrected chi connectivity index (χ4v) is 1.36. The van der Waals surface area contributed by atoms with Gasteiger partial charge in [-0.1, -0.05) is 13.8 Å². The maximum atomic E-state index is 12.1. The molecule has 0 aromatic carbocycles. The largest absolute Gasteiger partial charge is 0.487 e. The zero-order valence-electron chi connectivity index (χ0n) is 9.28. The van der Waals surface area contributed by atoms with Crippen molar-refractivity contribution in [2.45, 2.75) is 32.8 Å². The van der Waals surface area contributed by atoms with Crippen molar-refractivity contribution in [1.82, 2.24) is 4.98 Å². The topological polar surface area (TPSA) is 42.4 Å². The maximum Gasteiger partial charge on any atom is 0.272 e. The van der Waals surface area contributed by atoms with E-state index in [9.17, 15) is 8.78 Å². The van der Waals surface area contributed by atoms with Crippen molar-refractivity contribution < 1.29 is 18.6 Å². The van der Waals surface area contributed by atoms with Crippen LogP contribution in [0.3, 0.4) is 0 Å². The van der Waals surface area contributed by atoms with Crippen molar-refractivity contribution in [3.63, 3.8) is 0 Å². The van der Waals surface area contributed by atoms with Crippen LogP contribution in [0.15, 0.2) is 12.4 Å². The molecule has 0 saturated carbocycles. The number of hydrogen-bond donors (Lipinski definition) is 1. The Hall–Kier alpha value is -1.23. The number of ether oxygens (including phenoxy) is 1. The lowest BCUT2D eigenvalue weighted by Crippen LogP contribution is -2.11. The number of alkyl halides is 2. The van der Waals surface area contributed by atoms with E-state index in [1.165, 1.54) is 6.20 Å². The summed E-state index contributed by atoms with van der Waals surface area (Å²) in [5.74, 6) is 0.430. The van der Waals surface area contributed by atoms with Gasteiger partial charge in [-0.15, -0.1) is 0 Å². The molecular weight excluding hydrogens is 216 g/mol. The van der Waals surface area contributed by atoms with Gasteiger partial charge in [0, 0.05) is 23.5 Å². The second-order valence-corrected chi connectivity index (χ2v) is 3.73. The molecule has 90 valence electrons. The van der Waals surface area contributed by atoms with E-state index in [2.05, 4.69) is 4.98 Å². The van der Waals surface area contributed by atoms with Crippen molar-refractivity contribution in [1.29, 1.82) is 0 Å². The summed E-state index contributed by atoms with van der Waals surface area (Å²) in [6, 6.07) is 0.